The number of hydrogen-bond donors (Lipinski definition) is 0. The lowest BCUT2D eigenvalue weighted by molar-refractivity contribution is 0.204. The van der Waals surface area contributed by atoms with Crippen molar-refractivity contribution < 1.29 is 0 Å². The average molecular weight is 210 g/mol. The van der Waals surface area contributed by atoms with E-state index in [0.717, 1.165) is 17.8 Å². The summed E-state index contributed by atoms with van der Waals surface area (Å²) in [5.41, 5.74) is 0. The van der Waals surface area contributed by atoms with Gasteiger partial charge in [0.2, 0.25) is 0 Å². The summed E-state index contributed by atoms with van der Waals surface area (Å²) in [7, 11) is 0. The molecule has 0 N–H and O–H groups in total. The van der Waals surface area contributed by atoms with Crippen LogP contribution in [0.2, 0.25) is 0 Å². The van der Waals surface area contributed by atoms with Crippen molar-refractivity contribution in [2.24, 2.45) is 17.8 Å². The molecule has 0 heterocycles. The highest BCUT2D eigenvalue weighted by Gasteiger charge is 2.23. The van der Waals surface area contributed by atoms with Crippen LogP contribution in [-0.4, -0.2) is 0 Å². The van der Waals surface area contributed by atoms with Crippen molar-refractivity contribution in [3.8, 4) is 0 Å². The molecule has 3 atom stereocenters. The molecule has 1 aliphatic carbocycles. The maximum absolute atomic E-state index is 2.49. The van der Waals surface area contributed by atoms with Gasteiger partial charge < -0.3 is 0 Å². The summed E-state index contributed by atoms with van der Waals surface area (Å²) in [4.78, 5) is 0. The molecule has 0 radical (unpaired) electrons. The predicted molar refractivity (Wildman–Crippen MR) is 69.0 cm³/mol. The summed E-state index contributed by atoms with van der Waals surface area (Å²) in [5, 5.41) is 0. The fourth-order valence-corrected chi connectivity index (χ4v) is 3.13. The van der Waals surface area contributed by atoms with E-state index in [4.69, 9.17) is 0 Å². The van der Waals surface area contributed by atoms with Crippen LogP contribution in [0.15, 0.2) is 0 Å². The zero-order valence-corrected chi connectivity index (χ0v) is 11.1. The minimum Gasteiger partial charge on any atom is -0.0654 e. The molecule has 0 heteroatoms. The van der Waals surface area contributed by atoms with Gasteiger partial charge in [0, 0.05) is 0 Å². The molecule has 0 aromatic heterocycles. The third-order valence-corrected chi connectivity index (χ3v) is 4.29. The van der Waals surface area contributed by atoms with Crippen LogP contribution in [0, 0.1) is 17.8 Å². The highest BCUT2D eigenvalue weighted by molar-refractivity contribution is 4.74. The number of rotatable bonds is 6. The second-order valence-corrected chi connectivity index (χ2v) is 5.86. The van der Waals surface area contributed by atoms with Crippen molar-refractivity contribution in [2.75, 3.05) is 0 Å². The third-order valence-electron chi connectivity index (χ3n) is 4.29. The fourth-order valence-electron chi connectivity index (χ4n) is 3.13. The predicted octanol–water partition coefficient (Wildman–Crippen LogP) is 5.42. The first-order valence-electron chi connectivity index (χ1n) is 7.24. The van der Waals surface area contributed by atoms with Gasteiger partial charge in [-0.2, -0.15) is 0 Å². The van der Waals surface area contributed by atoms with Crippen LogP contribution in [0.5, 0.6) is 0 Å². The van der Waals surface area contributed by atoms with Crippen LogP contribution in [0.1, 0.15) is 78.6 Å². The quantitative estimate of drug-likeness (QED) is 0.514. The van der Waals surface area contributed by atoms with Crippen molar-refractivity contribution >= 4 is 0 Å². The Kier molecular flexibility index (Phi) is 6.36. The Labute approximate surface area is 96.8 Å². The van der Waals surface area contributed by atoms with Gasteiger partial charge in [-0.1, -0.05) is 72.1 Å². The maximum atomic E-state index is 2.49. The molecule has 1 aliphatic rings. The summed E-state index contributed by atoms with van der Waals surface area (Å²) in [6.07, 6.45) is 13.2. The van der Waals surface area contributed by atoms with Gasteiger partial charge in [-0.05, 0) is 24.2 Å². The van der Waals surface area contributed by atoms with E-state index in [-0.39, 0.29) is 0 Å². The van der Waals surface area contributed by atoms with Crippen molar-refractivity contribution in [1.29, 1.82) is 0 Å². The first kappa shape index (κ1) is 13.1. The van der Waals surface area contributed by atoms with Crippen LogP contribution >= 0.6 is 0 Å². The second-order valence-electron chi connectivity index (χ2n) is 5.86. The molecule has 1 fully saturated rings. The summed E-state index contributed by atoms with van der Waals surface area (Å²) < 4.78 is 0. The van der Waals surface area contributed by atoms with E-state index in [2.05, 4.69) is 20.8 Å². The van der Waals surface area contributed by atoms with Crippen LogP contribution < -0.4 is 0 Å². The zero-order chi connectivity index (χ0) is 11.1. The Balaban J connectivity index is 2.12. The van der Waals surface area contributed by atoms with E-state index < -0.39 is 0 Å². The summed E-state index contributed by atoms with van der Waals surface area (Å²) in [6, 6.07) is 0. The second kappa shape index (κ2) is 7.30. The molecule has 1 rings (SSSR count). The van der Waals surface area contributed by atoms with E-state index in [1.807, 2.05) is 0 Å². The summed E-state index contributed by atoms with van der Waals surface area (Å²) in [5.74, 6) is 3.04. The van der Waals surface area contributed by atoms with Gasteiger partial charge in [-0.3, -0.25) is 0 Å². The van der Waals surface area contributed by atoms with E-state index in [9.17, 15) is 0 Å². The van der Waals surface area contributed by atoms with Crippen LogP contribution in [0.4, 0.5) is 0 Å². The van der Waals surface area contributed by atoms with Gasteiger partial charge >= 0.3 is 0 Å². The molecule has 1 saturated carbocycles. The summed E-state index contributed by atoms with van der Waals surface area (Å²) in [6.45, 7) is 7.23. The van der Waals surface area contributed by atoms with Gasteiger partial charge in [0.05, 0.1) is 0 Å². The standard InChI is InChI=1S/C15H30/c1-4-5-6-7-10-14(3)15-11-8-9-13(2)12-15/h13-15H,4-12H2,1-3H3. The molecule has 0 aromatic rings. The highest BCUT2D eigenvalue weighted by atomic mass is 14.3. The smallest absolute Gasteiger partial charge is 0.0386 e. The Bertz CT molecular complexity index is 150. The van der Waals surface area contributed by atoms with Crippen LogP contribution in [0.3, 0.4) is 0 Å². The van der Waals surface area contributed by atoms with Gasteiger partial charge in [0.25, 0.3) is 0 Å². The lowest BCUT2D eigenvalue weighted by Gasteiger charge is -2.31. The molecule has 0 nitrogen and oxygen atoms in total. The Morgan fingerprint density at radius 1 is 1.13 bits per heavy atom. The molecule has 0 amide bonds. The van der Waals surface area contributed by atoms with Crippen LogP contribution in [-0.2, 0) is 0 Å². The van der Waals surface area contributed by atoms with E-state index >= 15 is 0 Å². The molecule has 0 bridgehead atoms. The SMILES string of the molecule is CCCCCCC(C)C1CCCC(C)C1. The number of unbranched alkanes of at least 4 members (excludes halogenated alkanes) is 3. The lowest BCUT2D eigenvalue weighted by atomic mass is 9.75. The normalized spacial score (nSPS) is 29.0. The van der Waals surface area contributed by atoms with Crippen molar-refractivity contribution in [3.05, 3.63) is 0 Å². The van der Waals surface area contributed by atoms with Gasteiger partial charge in [0.1, 0.15) is 0 Å². The molecule has 90 valence electrons. The molecular formula is C15H30. The van der Waals surface area contributed by atoms with Crippen molar-refractivity contribution in [1.82, 2.24) is 0 Å². The minimum atomic E-state index is 0.990. The largest absolute Gasteiger partial charge is 0.0654 e. The van der Waals surface area contributed by atoms with Crippen molar-refractivity contribution in [2.45, 2.75) is 78.6 Å². The topological polar surface area (TPSA) is 0 Å². The van der Waals surface area contributed by atoms with Crippen LogP contribution in [0.25, 0.3) is 0 Å². The molecule has 3 unspecified atom stereocenters. The Morgan fingerprint density at radius 3 is 2.60 bits per heavy atom. The Hall–Kier alpha value is 0. The van der Waals surface area contributed by atoms with Gasteiger partial charge in [-0.25, -0.2) is 0 Å². The van der Waals surface area contributed by atoms with Crippen molar-refractivity contribution in [3.63, 3.8) is 0 Å². The van der Waals surface area contributed by atoms with E-state index in [1.165, 1.54) is 57.8 Å². The fraction of sp³-hybridized carbons (Fsp3) is 1.00. The maximum Gasteiger partial charge on any atom is -0.0386 e. The molecule has 0 saturated heterocycles. The lowest BCUT2D eigenvalue weighted by Crippen LogP contribution is -2.19. The van der Waals surface area contributed by atoms with Gasteiger partial charge in [-0.15, -0.1) is 0 Å². The Morgan fingerprint density at radius 2 is 1.93 bits per heavy atom. The molecular weight excluding hydrogens is 180 g/mol. The molecule has 0 aromatic carbocycles. The average Bonchev–Trinajstić information content (AvgIpc) is 2.24. The first-order valence-corrected chi connectivity index (χ1v) is 7.24. The monoisotopic (exact) mass is 210 g/mol. The zero-order valence-electron chi connectivity index (χ0n) is 11.1. The molecule has 0 spiro atoms. The minimum absolute atomic E-state index is 0.990. The molecule has 15 heavy (non-hydrogen) atoms. The highest BCUT2D eigenvalue weighted by Crippen LogP contribution is 2.35. The summed E-state index contributed by atoms with van der Waals surface area (Å²) >= 11 is 0. The van der Waals surface area contributed by atoms with Gasteiger partial charge in [0.15, 0.2) is 0 Å². The van der Waals surface area contributed by atoms with E-state index in [1.54, 1.807) is 0 Å². The third kappa shape index (κ3) is 5.04. The number of hydrogen-bond acceptors (Lipinski definition) is 0. The van der Waals surface area contributed by atoms with E-state index in [0.29, 0.717) is 0 Å². The molecule has 0 aliphatic heterocycles. The first-order chi connectivity index (χ1) is 7.24.